The third kappa shape index (κ3) is 3.73. The van der Waals surface area contributed by atoms with Gasteiger partial charge in [0.25, 0.3) is 0 Å². The van der Waals surface area contributed by atoms with Crippen LogP contribution in [0.5, 0.6) is 5.75 Å². The van der Waals surface area contributed by atoms with Crippen molar-refractivity contribution in [1.29, 1.82) is 0 Å². The maximum absolute atomic E-state index is 8.90. The Kier molecular flexibility index (Phi) is 5.58. The van der Waals surface area contributed by atoms with Gasteiger partial charge in [-0.15, -0.1) is 0 Å². The molecule has 0 unspecified atom stereocenters. The number of fused-ring (bicyclic) bond motifs is 1. The minimum absolute atomic E-state index is 0.617. The maximum Gasteiger partial charge on any atom is 0.128 e. The van der Waals surface area contributed by atoms with E-state index in [0.717, 1.165) is 41.7 Å². The van der Waals surface area contributed by atoms with E-state index in [2.05, 4.69) is 23.9 Å². The quantitative estimate of drug-likeness (QED) is 0.482. The van der Waals surface area contributed by atoms with Crippen molar-refractivity contribution < 1.29 is 9.94 Å². The molecule has 0 fully saturated rings. The van der Waals surface area contributed by atoms with Crippen LogP contribution in [0.1, 0.15) is 19.4 Å². The average molecular weight is 286 g/mol. The van der Waals surface area contributed by atoms with E-state index in [9.17, 15) is 0 Å². The van der Waals surface area contributed by atoms with E-state index in [-0.39, 0.29) is 0 Å². The standard InChI is InChI=1S/C17H22N2O2/c1-3-19(4-2)11-12-21-17-10-9-14-7-5-6-8-15(14)16(17)13-18-20/h5-10,13,20H,3-4,11-12H2,1-2H3. The molecule has 4 nitrogen and oxygen atoms in total. The number of oxime groups is 1. The molecule has 0 spiro atoms. The number of ether oxygens (including phenoxy) is 1. The van der Waals surface area contributed by atoms with Crippen LogP contribution in [0.2, 0.25) is 0 Å². The second-order valence-electron chi connectivity index (χ2n) is 4.82. The van der Waals surface area contributed by atoms with Crippen molar-refractivity contribution in [2.24, 2.45) is 5.16 Å². The molecule has 0 aliphatic heterocycles. The van der Waals surface area contributed by atoms with Crippen LogP contribution in [0.25, 0.3) is 10.8 Å². The molecule has 0 aliphatic carbocycles. The first-order valence-corrected chi connectivity index (χ1v) is 7.34. The summed E-state index contributed by atoms with van der Waals surface area (Å²) in [6, 6.07) is 11.9. The Labute approximate surface area is 125 Å². The molecule has 2 aromatic carbocycles. The fourth-order valence-corrected chi connectivity index (χ4v) is 2.42. The second-order valence-corrected chi connectivity index (χ2v) is 4.82. The molecule has 0 saturated heterocycles. The van der Waals surface area contributed by atoms with Crippen molar-refractivity contribution in [3.63, 3.8) is 0 Å². The Morgan fingerprint density at radius 3 is 2.62 bits per heavy atom. The Balaban J connectivity index is 2.21. The van der Waals surface area contributed by atoms with Gasteiger partial charge in [-0.2, -0.15) is 0 Å². The van der Waals surface area contributed by atoms with Crippen LogP contribution in [0.4, 0.5) is 0 Å². The first-order valence-electron chi connectivity index (χ1n) is 7.34. The molecular formula is C17H22N2O2. The van der Waals surface area contributed by atoms with Crippen molar-refractivity contribution >= 4 is 17.0 Å². The van der Waals surface area contributed by atoms with Crippen LogP contribution in [-0.4, -0.2) is 42.6 Å². The van der Waals surface area contributed by atoms with E-state index in [1.165, 1.54) is 6.21 Å². The molecule has 0 aromatic heterocycles. The summed E-state index contributed by atoms with van der Waals surface area (Å²) in [6.45, 7) is 7.82. The summed E-state index contributed by atoms with van der Waals surface area (Å²) in [5.41, 5.74) is 0.815. The van der Waals surface area contributed by atoms with E-state index >= 15 is 0 Å². The Morgan fingerprint density at radius 2 is 1.90 bits per heavy atom. The van der Waals surface area contributed by atoms with Gasteiger partial charge >= 0.3 is 0 Å². The van der Waals surface area contributed by atoms with E-state index < -0.39 is 0 Å². The molecule has 21 heavy (non-hydrogen) atoms. The van der Waals surface area contributed by atoms with Crippen molar-refractivity contribution in [2.75, 3.05) is 26.2 Å². The molecule has 2 rings (SSSR count). The van der Waals surface area contributed by atoms with Gasteiger partial charge in [-0.25, -0.2) is 0 Å². The number of rotatable bonds is 7. The Hall–Kier alpha value is -2.07. The molecule has 0 heterocycles. The zero-order valence-corrected chi connectivity index (χ0v) is 12.6. The monoisotopic (exact) mass is 286 g/mol. The van der Waals surface area contributed by atoms with Crippen molar-refractivity contribution in [2.45, 2.75) is 13.8 Å². The minimum atomic E-state index is 0.617. The smallest absolute Gasteiger partial charge is 0.128 e. The molecule has 0 bridgehead atoms. The van der Waals surface area contributed by atoms with E-state index in [1.807, 2.05) is 36.4 Å². The predicted octanol–water partition coefficient (Wildman–Crippen LogP) is 3.37. The SMILES string of the molecule is CCN(CC)CCOc1ccc2ccccc2c1C=NO. The summed E-state index contributed by atoms with van der Waals surface area (Å²) >= 11 is 0. The molecule has 4 heteroatoms. The maximum atomic E-state index is 8.90. The van der Waals surface area contributed by atoms with E-state index in [1.54, 1.807) is 0 Å². The molecule has 1 N–H and O–H groups in total. The van der Waals surface area contributed by atoms with Gasteiger partial charge in [-0.3, -0.25) is 0 Å². The topological polar surface area (TPSA) is 45.1 Å². The molecular weight excluding hydrogens is 264 g/mol. The fraction of sp³-hybridized carbons (Fsp3) is 0.353. The highest BCUT2D eigenvalue weighted by molar-refractivity contribution is 6.02. The van der Waals surface area contributed by atoms with Gasteiger partial charge in [-0.05, 0) is 29.9 Å². The third-order valence-electron chi connectivity index (χ3n) is 3.68. The van der Waals surface area contributed by atoms with Crippen LogP contribution < -0.4 is 4.74 Å². The lowest BCUT2D eigenvalue weighted by Gasteiger charge is -2.18. The van der Waals surface area contributed by atoms with Gasteiger partial charge in [0, 0.05) is 12.1 Å². The highest BCUT2D eigenvalue weighted by atomic mass is 16.5. The zero-order chi connectivity index (χ0) is 15.1. The van der Waals surface area contributed by atoms with Gasteiger partial charge in [0.1, 0.15) is 12.4 Å². The van der Waals surface area contributed by atoms with E-state index in [0.29, 0.717) is 6.61 Å². The van der Waals surface area contributed by atoms with Crippen LogP contribution in [0.3, 0.4) is 0 Å². The fourth-order valence-electron chi connectivity index (χ4n) is 2.42. The molecule has 0 saturated carbocycles. The zero-order valence-electron chi connectivity index (χ0n) is 12.6. The second kappa shape index (κ2) is 7.64. The third-order valence-corrected chi connectivity index (χ3v) is 3.68. The van der Waals surface area contributed by atoms with Gasteiger partial charge in [0.2, 0.25) is 0 Å². The first kappa shape index (κ1) is 15.3. The Morgan fingerprint density at radius 1 is 1.14 bits per heavy atom. The first-order chi connectivity index (χ1) is 10.3. The lowest BCUT2D eigenvalue weighted by Crippen LogP contribution is -2.28. The van der Waals surface area contributed by atoms with Crippen LogP contribution in [-0.2, 0) is 0 Å². The molecule has 112 valence electrons. The highest BCUT2D eigenvalue weighted by Gasteiger charge is 2.08. The Bertz CT molecular complexity index is 607. The van der Waals surface area contributed by atoms with Crippen LogP contribution in [0.15, 0.2) is 41.6 Å². The largest absolute Gasteiger partial charge is 0.492 e. The molecule has 0 radical (unpaired) electrons. The molecule has 0 amide bonds. The number of hydrogen-bond donors (Lipinski definition) is 1. The van der Waals surface area contributed by atoms with E-state index in [4.69, 9.17) is 9.94 Å². The number of benzene rings is 2. The summed E-state index contributed by atoms with van der Waals surface area (Å²) in [5.74, 6) is 0.749. The van der Waals surface area contributed by atoms with Crippen molar-refractivity contribution in [1.82, 2.24) is 4.90 Å². The normalized spacial score (nSPS) is 11.6. The lowest BCUT2D eigenvalue weighted by molar-refractivity contribution is 0.222. The van der Waals surface area contributed by atoms with Crippen molar-refractivity contribution in [3.8, 4) is 5.75 Å². The van der Waals surface area contributed by atoms with Gasteiger partial charge in [0.05, 0.1) is 6.21 Å². The molecule has 0 aliphatic rings. The van der Waals surface area contributed by atoms with Crippen molar-refractivity contribution in [3.05, 3.63) is 42.0 Å². The molecule has 0 atom stereocenters. The number of likely N-dealkylation sites (N-methyl/N-ethyl adjacent to an activating group) is 1. The minimum Gasteiger partial charge on any atom is -0.492 e. The van der Waals surface area contributed by atoms with Gasteiger partial charge in [-0.1, -0.05) is 49.3 Å². The van der Waals surface area contributed by atoms with Gasteiger partial charge in [0.15, 0.2) is 0 Å². The molecule has 2 aromatic rings. The average Bonchev–Trinajstić information content (AvgIpc) is 2.53. The summed E-state index contributed by atoms with van der Waals surface area (Å²) in [4.78, 5) is 2.31. The number of hydrogen-bond acceptors (Lipinski definition) is 4. The summed E-state index contributed by atoms with van der Waals surface area (Å²) in [7, 11) is 0. The van der Waals surface area contributed by atoms with Gasteiger partial charge < -0.3 is 14.8 Å². The summed E-state index contributed by atoms with van der Waals surface area (Å²) in [5, 5.41) is 14.2. The van der Waals surface area contributed by atoms with Crippen LogP contribution >= 0.6 is 0 Å². The summed E-state index contributed by atoms with van der Waals surface area (Å²) < 4.78 is 5.89. The number of nitrogens with zero attached hydrogens (tertiary/aromatic N) is 2. The summed E-state index contributed by atoms with van der Waals surface area (Å²) in [6.07, 6.45) is 1.44. The van der Waals surface area contributed by atoms with Crippen LogP contribution in [0, 0.1) is 0 Å². The predicted molar refractivity (Wildman–Crippen MR) is 86.6 cm³/mol. The highest BCUT2D eigenvalue weighted by Crippen LogP contribution is 2.26. The lowest BCUT2D eigenvalue weighted by atomic mass is 10.0.